The fraction of sp³-hybridized carbons (Fsp3) is 0.667. The lowest BCUT2D eigenvalue weighted by Gasteiger charge is -2.36. The molecule has 5 heteroatoms. The zero-order chi connectivity index (χ0) is 17.1. The van der Waals surface area contributed by atoms with E-state index in [2.05, 4.69) is 39.2 Å². The van der Waals surface area contributed by atoms with E-state index in [-0.39, 0.29) is 17.0 Å². The van der Waals surface area contributed by atoms with Crippen molar-refractivity contribution >= 4 is 8.32 Å². The van der Waals surface area contributed by atoms with Crippen molar-refractivity contribution < 1.29 is 13.6 Å². The molecule has 1 aliphatic rings. The van der Waals surface area contributed by atoms with Crippen molar-refractivity contribution in [1.82, 2.24) is 5.32 Å². The van der Waals surface area contributed by atoms with Gasteiger partial charge < -0.3 is 14.5 Å². The normalized spacial score (nSPS) is 17.3. The van der Waals surface area contributed by atoms with Gasteiger partial charge in [0.05, 0.1) is 6.61 Å². The molecule has 1 heterocycles. The minimum Gasteiger partial charge on any atom is -0.487 e. The SMILES string of the molecule is CC(C)(C)[Si](C)(C)OCc1cccc(OC2CCNCC2)c1F. The standard InChI is InChI=1S/C18H30FNO2Si/c1-18(2,3)23(4,5)21-13-14-7-6-8-16(17(14)19)22-15-9-11-20-12-10-15/h6-8,15,20H,9-13H2,1-5H3. The minimum absolute atomic E-state index is 0.0994. The van der Waals surface area contributed by atoms with Crippen LogP contribution in [0, 0.1) is 5.82 Å². The summed E-state index contributed by atoms with van der Waals surface area (Å²) >= 11 is 0. The van der Waals surface area contributed by atoms with Crippen LogP contribution in [0.4, 0.5) is 4.39 Å². The summed E-state index contributed by atoms with van der Waals surface area (Å²) in [6.07, 6.45) is 1.94. The van der Waals surface area contributed by atoms with Gasteiger partial charge in [0.1, 0.15) is 6.10 Å². The largest absolute Gasteiger partial charge is 0.487 e. The van der Waals surface area contributed by atoms with Crippen LogP contribution in [-0.2, 0) is 11.0 Å². The Balaban J connectivity index is 2.04. The lowest BCUT2D eigenvalue weighted by molar-refractivity contribution is 0.154. The average molecular weight is 340 g/mol. The van der Waals surface area contributed by atoms with E-state index >= 15 is 0 Å². The Morgan fingerprint density at radius 2 is 1.87 bits per heavy atom. The van der Waals surface area contributed by atoms with Crippen molar-refractivity contribution in [2.45, 2.75) is 64.5 Å². The van der Waals surface area contributed by atoms with Gasteiger partial charge in [0, 0.05) is 5.56 Å². The Kier molecular flexibility index (Phi) is 5.87. The van der Waals surface area contributed by atoms with Gasteiger partial charge in [-0.1, -0.05) is 32.9 Å². The van der Waals surface area contributed by atoms with Crippen LogP contribution in [0.1, 0.15) is 39.2 Å². The molecule has 0 amide bonds. The Morgan fingerprint density at radius 1 is 1.22 bits per heavy atom. The van der Waals surface area contributed by atoms with E-state index in [0.29, 0.717) is 17.9 Å². The van der Waals surface area contributed by atoms with Crippen molar-refractivity contribution in [3.8, 4) is 5.75 Å². The molecule has 0 unspecified atom stereocenters. The Labute approximate surface area is 140 Å². The molecule has 0 bridgehead atoms. The first-order valence-electron chi connectivity index (χ1n) is 8.49. The van der Waals surface area contributed by atoms with Gasteiger partial charge in [-0.2, -0.15) is 0 Å². The van der Waals surface area contributed by atoms with E-state index in [1.165, 1.54) is 0 Å². The number of ether oxygens (including phenoxy) is 1. The maximum absolute atomic E-state index is 14.7. The summed E-state index contributed by atoms with van der Waals surface area (Å²) in [5, 5.41) is 3.41. The number of hydrogen-bond acceptors (Lipinski definition) is 3. The van der Waals surface area contributed by atoms with Crippen LogP contribution in [0.3, 0.4) is 0 Å². The van der Waals surface area contributed by atoms with Crippen molar-refractivity contribution in [1.29, 1.82) is 0 Å². The molecule has 1 aromatic rings. The number of benzene rings is 1. The summed E-state index contributed by atoms with van der Waals surface area (Å²) in [5.74, 6) is 0.0815. The molecule has 0 saturated carbocycles. The maximum Gasteiger partial charge on any atom is 0.192 e. The molecule has 0 radical (unpaired) electrons. The lowest BCUT2D eigenvalue weighted by Crippen LogP contribution is -2.40. The van der Waals surface area contributed by atoms with Gasteiger partial charge in [0.2, 0.25) is 0 Å². The second-order valence-corrected chi connectivity index (χ2v) is 12.7. The molecule has 0 aromatic heterocycles. The van der Waals surface area contributed by atoms with E-state index in [0.717, 1.165) is 25.9 Å². The lowest BCUT2D eigenvalue weighted by atomic mass is 10.1. The first kappa shape index (κ1) is 18.4. The monoisotopic (exact) mass is 339 g/mol. The molecular formula is C18H30FNO2Si. The van der Waals surface area contributed by atoms with E-state index in [4.69, 9.17) is 9.16 Å². The van der Waals surface area contributed by atoms with E-state index < -0.39 is 8.32 Å². The average Bonchev–Trinajstić information content (AvgIpc) is 2.48. The molecule has 1 fully saturated rings. The first-order chi connectivity index (χ1) is 10.7. The topological polar surface area (TPSA) is 30.5 Å². The Morgan fingerprint density at radius 3 is 2.48 bits per heavy atom. The molecule has 23 heavy (non-hydrogen) atoms. The predicted molar refractivity (Wildman–Crippen MR) is 94.9 cm³/mol. The molecule has 2 rings (SSSR count). The summed E-state index contributed by atoms with van der Waals surface area (Å²) in [4.78, 5) is 0. The number of nitrogens with one attached hydrogen (secondary N) is 1. The van der Waals surface area contributed by atoms with Crippen molar-refractivity contribution in [3.63, 3.8) is 0 Å². The number of halogens is 1. The van der Waals surface area contributed by atoms with Crippen LogP contribution in [0.2, 0.25) is 18.1 Å². The highest BCUT2D eigenvalue weighted by molar-refractivity contribution is 6.74. The molecule has 1 aromatic carbocycles. The first-order valence-corrected chi connectivity index (χ1v) is 11.4. The highest BCUT2D eigenvalue weighted by Gasteiger charge is 2.37. The van der Waals surface area contributed by atoms with Crippen LogP contribution in [-0.4, -0.2) is 27.5 Å². The maximum atomic E-state index is 14.7. The Bertz CT molecular complexity index is 522. The molecule has 0 aliphatic carbocycles. The second kappa shape index (κ2) is 7.32. The van der Waals surface area contributed by atoms with Gasteiger partial charge in [-0.05, 0) is 50.1 Å². The van der Waals surface area contributed by atoms with Gasteiger partial charge in [0.25, 0.3) is 0 Å². The minimum atomic E-state index is -1.89. The summed E-state index contributed by atoms with van der Waals surface area (Å²) in [6, 6.07) is 5.36. The molecule has 1 saturated heterocycles. The van der Waals surface area contributed by atoms with E-state index in [9.17, 15) is 4.39 Å². The van der Waals surface area contributed by atoms with Crippen molar-refractivity contribution in [2.75, 3.05) is 13.1 Å². The van der Waals surface area contributed by atoms with Crippen LogP contribution >= 0.6 is 0 Å². The zero-order valence-electron chi connectivity index (χ0n) is 15.0. The molecule has 3 nitrogen and oxygen atoms in total. The summed E-state index contributed by atoms with van der Waals surface area (Å²) in [6.45, 7) is 13.1. The van der Waals surface area contributed by atoms with Crippen molar-refractivity contribution in [3.05, 3.63) is 29.6 Å². The smallest absolute Gasteiger partial charge is 0.192 e. The molecule has 0 atom stereocenters. The highest BCUT2D eigenvalue weighted by Crippen LogP contribution is 2.37. The third-order valence-electron chi connectivity index (χ3n) is 5.02. The van der Waals surface area contributed by atoms with Crippen LogP contribution in [0.15, 0.2) is 18.2 Å². The summed E-state index contributed by atoms with van der Waals surface area (Å²) in [7, 11) is -1.89. The van der Waals surface area contributed by atoms with Gasteiger partial charge in [0.15, 0.2) is 19.9 Å². The third-order valence-corrected chi connectivity index (χ3v) is 9.50. The predicted octanol–water partition coefficient (Wildman–Crippen LogP) is 4.48. The Hall–Kier alpha value is -0.913. The number of rotatable bonds is 5. The molecule has 130 valence electrons. The second-order valence-electron chi connectivity index (χ2n) is 7.85. The summed E-state index contributed by atoms with van der Waals surface area (Å²) < 4.78 is 26.7. The number of piperidine rings is 1. The van der Waals surface area contributed by atoms with E-state index in [1.807, 2.05) is 6.07 Å². The molecule has 0 spiro atoms. The van der Waals surface area contributed by atoms with Crippen LogP contribution in [0.25, 0.3) is 0 Å². The zero-order valence-corrected chi connectivity index (χ0v) is 16.0. The van der Waals surface area contributed by atoms with Crippen LogP contribution < -0.4 is 10.1 Å². The molecule has 1 N–H and O–H groups in total. The quantitative estimate of drug-likeness (QED) is 0.803. The molecular weight excluding hydrogens is 309 g/mol. The van der Waals surface area contributed by atoms with E-state index in [1.54, 1.807) is 12.1 Å². The fourth-order valence-corrected chi connectivity index (χ4v) is 3.28. The van der Waals surface area contributed by atoms with Gasteiger partial charge in [-0.25, -0.2) is 4.39 Å². The summed E-state index contributed by atoms with van der Waals surface area (Å²) in [5.41, 5.74) is 0.584. The van der Waals surface area contributed by atoms with Gasteiger partial charge in [-0.15, -0.1) is 0 Å². The number of hydrogen-bond donors (Lipinski definition) is 1. The van der Waals surface area contributed by atoms with Gasteiger partial charge >= 0.3 is 0 Å². The fourth-order valence-electron chi connectivity index (χ4n) is 2.33. The molecule has 1 aliphatic heterocycles. The van der Waals surface area contributed by atoms with Crippen molar-refractivity contribution in [2.24, 2.45) is 0 Å². The highest BCUT2D eigenvalue weighted by atomic mass is 28.4. The third kappa shape index (κ3) is 4.78. The van der Waals surface area contributed by atoms with Crippen LogP contribution in [0.5, 0.6) is 5.75 Å². The van der Waals surface area contributed by atoms with Gasteiger partial charge in [-0.3, -0.25) is 0 Å².